The summed E-state index contributed by atoms with van der Waals surface area (Å²) >= 11 is 0. The number of imide groups is 1. The van der Waals surface area contributed by atoms with Gasteiger partial charge in [-0.25, -0.2) is 4.79 Å². The van der Waals surface area contributed by atoms with E-state index in [0.717, 1.165) is 4.90 Å². The van der Waals surface area contributed by atoms with Crippen molar-refractivity contribution in [2.45, 2.75) is 6.92 Å². The number of likely N-dealkylation sites (N-methyl/N-ethyl adjacent to an activating group) is 1. The molecule has 0 saturated carbocycles. The molecule has 10 heteroatoms. The van der Waals surface area contributed by atoms with E-state index >= 15 is 0 Å². The largest absolute Gasteiger partial charge is 0.493 e. The Morgan fingerprint density at radius 2 is 1.92 bits per heavy atom. The summed E-state index contributed by atoms with van der Waals surface area (Å²) in [5, 5.41) is 0. The van der Waals surface area contributed by atoms with Crippen molar-refractivity contribution in [2.75, 3.05) is 33.9 Å². The molecule has 0 unspecified atom stereocenters. The molecule has 1 aliphatic rings. The summed E-state index contributed by atoms with van der Waals surface area (Å²) in [6.45, 7) is 1.71. The molecule has 0 radical (unpaired) electrons. The fraction of sp³-hybridized carbons (Fsp3) is 0.375. The first-order chi connectivity index (χ1) is 12.4. The van der Waals surface area contributed by atoms with Crippen LogP contribution in [-0.2, 0) is 9.59 Å². The Hall–Kier alpha value is -3.30. The second kappa shape index (κ2) is 8.19. The second-order valence-corrected chi connectivity index (χ2v) is 5.42. The van der Waals surface area contributed by atoms with Crippen molar-refractivity contribution in [3.8, 4) is 11.5 Å². The van der Waals surface area contributed by atoms with E-state index in [1.54, 1.807) is 6.07 Å². The van der Waals surface area contributed by atoms with Crippen LogP contribution in [0.2, 0.25) is 0 Å². The fourth-order valence-corrected chi connectivity index (χ4v) is 2.29. The highest BCUT2D eigenvalue weighted by molar-refractivity contribution is 6.04. The Kier molecular flexibility index (Phi) is 5.99. The van der Waals surface area contributed by atoms with Gasteiger partial charge in [-0.2, -0.15) is 0 Å². The van der Waals surface area contributed by atoms with E-state index in [4.69, 9.17) is 9.47 Å². The van der Waals surface area contributed by atoms with Gasteiger partial charge in [-0.05, 0) is 25.1 Å². The van der Waals surface area contributed by atoms with Gasteiger partial charge in [0.1, 0.15) is 13.1 Å². The Balaban J connectivity index is 1.93. The first-order valence-corrected chi connectivity index (χ1v) is 7.82. The van der Waals surface area contributed by atoms with Gasteiger partial charge in [-0.15, -0.1) is 0 Å². The highest BCUT2D eigenvalue weighted by Gasteiger charge is 2.34. The summed E-state index contributed by atoms with van der Waals surface area (Å²) < 4.78 is 10.5. The van der Waals surface area contributed by atoms with Crippen LogP contribution in [-0.4, -0.2) is 67.4 Å². The smallest absolute Gasteiger partial charge is 0.327 e. The molecule has 1 heterocycles. The number of benzene rings is 1. The second-order valence-electron chi connectivity index (χ2n) is 5.42. The number of amides is 5. The normalized spacial score (nSPS) is 13.7. The van der Waals surface area contributed by atoms with Crippen molar-refractivity contribution in [3.63, 3.8) is 0 Å². The Morgan fingerprint density at radius 1 is 1.19 bits per heavy atom. The highest BCUT2D eigenvalue weighted by Crippen LogP contribution is 2.27. The van der Waals surface area contributed by atoms with Gasteiger partial charge in [0.2, 0.25) is 0 Å². The molecule has 0 spiro atoms. The lowest BCUT2D eigenvalue weighted by Crippen LogP contribution is -2.47. The summed E-state index contributed by atoms with van der Waals surface area (Å²) in [5.41, 5.74) is 4.62. The van der Waals surface area contributed by atoms with E-state index < -0.39 is 30.3 Å². The van der Waals surface area contributed by atoms with E-state index in [2.05, 4.69) is 10.9 Å². The van der Waals surface area contributed by atoms with Gasteiger partial charge < -0.3 is 14.4 Å². The van der Waals surface area contributed by atoms with Gasteiger partial charge in [0.25, 0.3) is 17.7 Å². The van der Waals surface area contributed by atoms with Crippen molar-refractivity contribution in [2.24, 2.45) is 0 Å². The monoisotopic (exact) mass is 364 g/mol. The lowest BCUT2D eigenvalue weighted by molar-refractivity contribution is -0.131. The minimum Gasteiger partial charge on any atom is -0.493 e. The van der Waals surface area contributed by atoms with Gasteiger partial charge in [-0.1, -0.05) is 0 Å². The van der Waals surface area contributed by atoms with Gasteiger partial charge in [-0.3, -0.25) is 30.1 Å². The third-order valence-corrected chi connectivity index (χ3v) is 3.57. The maximum absolute atomic E-state index is 12.1. The number of hydrogen-bond acceptors (Lipinski definition) is 6. The molecule has 1 aromatic rings. The maximum atomic E-state index is 12.1. The number of hydrogen-bond donors (Lipinski definition) is 2. The molecular weight excluding hydrogens is 344 g/mol. The van der Waals surface area contributed by atoms with E-state index in [1.807, 2.05) is 6.92 Å². The standard InChI is InChI=1S/C16H20N4O6/c1-4-26-11-6-5-10(7-12(11)25-3)15(23)18-17-13(21)8-20-14(22)9-19(2)16(20)24/h5-7H,4,8-9H2,1-3H3,(H,17,21)(H,18,23). The zero-order valence-corrected chi connectivity index (χ0v) is 14.7. The number of carbonyl (C=O) groups is 4. The zero-order chi connectivity index (χ0) is 19.3. The summed E-state index contributed by atoms with van der Waals surface area (Å²) in [6, 6.07) is 4.00. The topological polar surface area (TPSA) is 117 Å². The first-order valence-electron chi connectivity index (χ1n) is 7.82. The Bertz CT molecular complexity index is 735. The Labute approximate surface area is 150 Å². The van der Waals surface area contributed by atoms with Crippen LogP contribution in [0.5, 0.6) is 11.5 Å². The summed E-state index contributed by atoms with van der Waals surface area (Å²) in [6.07, 6.45) is 0. The third-order valence-electron chi connectivity index (χ3n) is 3.57. The molecular formula is C16H20N4O6. The molecule has 2 N–H and O–H groups in total. The van der Waals surface area contributed by atoms with E-state index in [-0.39, 0.29) is 12.1 Å². The van der Waals surface area contributed by atoms with Gasteiger partial charge >= 0.3 is 6.03 Å². The van der Waals surface area contributed by atoms with Crippen molar-refractivity contribution in [3.05, 3.63) is 23.8 Å². The summed E-state index contributed by atoms with van der Waals surface area (Å²) in [7, 11) is 2.90. The lowest BCUT2D eigenvalue weighted by Gasteiger charge is -2.14. The molecule has 5 amide bonds. The number of ether oxygens (including phenoxy) is 2. The number of carbonyl (C=O) groups excluding carboxylic acids is 4. The molecule has 0 aromatic heterocycles. The van der Waals surface area contributed by atoms with Crippen molar-refractivity contribution in [1.29, 1.82) is 0 Å². The highest BCUT2D eigenvalue weighted by atomic mass is 16.5. The fourth-order valence-electron chi connectivity index (χ4n) is 2.29. The number of rotatable bonds is 6. The molecule has 1 saturated heterocycles. The predicted molar refractivity (Wildman–Crippen MR) is 89.5 cm³/mol. The molecule has 10 nitrogen and oxygen atoms in total. The van der Waals surface area contributed by atoms with E-state index in [1.165, 1.54) is 31.2 Å². The molecule has 0 aliphatic carbocycles. The average molecular weight is 364 g/mol. The molecule has 26 heavy (non-hydrogen) atoms. The quantitative estimate of drug-likeness (QED) is 0.531. The van der Waals surface area contributed by atoms with Crippen LogP contribution in [0.4, 0.5) is 4.79 Å². The lowest BCUT2D eigenvalue weighted by atomic mass is 10.2. The maximum Gasteiger partial charge on any atom is 0.327 e. The average Bonchev–Trinajstić information content (AvgIpc) is 2.86. The SMILES string of the molecule is CCOc1ccc(C(=O)NNC(=O)CN2C(=O)CN(C)C2=O)cc1OC. The first kappa shape index (κ1) is 19.0. The van der Waals surface area contributed by atoms with Gasteiger partial charge in [0.15, 0.2) is 11.5 Å². The van der Waals surface area contributed by atoms with Crippen LogP contribution in [0.3, 0.4) is 0 Å². The molecule has 0 bridgehead atoms. The van der Waals surface area contributed by atoms with E-state index in [0.29, 0.717) is 18.1 Å². The van der Waals surface area contributed by atoms with Crippen LogP contribution >= 0.6 is 0 Å². The van der Waals surface area contributed by atoms with Crippen molar-refractivity contribution in [1.82, 2.24) is 20.7 Å². The molecule has 1 aromatic carbocycles. The summed E-state index contributed by atoms with van der Waals surface area (Å²) in [5.74, 6) is -0.896. The van der Waals surface area contributed by atoms with Crippen LogP contribution in [0.25, 0.3) is 0 Å². The predicted octanol–water partition coefficient (Wildman–Crippen LogP) is -0.251. The zero-order valence-electron chi connectivity index (χ0n) is 14.7. The van der Waals surface area contributed by atoms with Crippen LogP contribution < -0.4 is 20.3 Å². The van der Waals surface area contributed by atoms with Crippen LogP contribution in [0.15, 0.2) is 18.2 Å². The molecule has 1 fully saturated rings. The van der Waals surface area contributed by atoms with E-state index in [9.17, 15) is 19.2 Å². The number of nitrogens with zero attached hydrogens (tertiary/aromatic N) is 2. The molecule has 2 rings (SSSR count). The molecule has 140 valence electrons. The molecule has 0 atom stereocenters. The summed E-state index contributed by atoms with van der Waals surface area (Å²) in [4.78, 5) is 49.3. The number of methoxy groups -OCH3 is 1. The minimum atomic E-state index is -0.701. The van der Waals surface area contributed by atoms with Crippen molar-refractivity contribution < 1.29 is 28.7 Å². The van der Waals surface area contributed by atoms with Gasteiger partial charge in [0, 0.05) is 12.6 Å². The van der Waals surface area contributed by atoms with Crippen LogP contribution in [0, 0.1) is 0 Å². The van der Waals surface area contributed by atoms with Gasteiger partial charge in [0.05, 0.1) is 13.7 Å². The Morgan fingerprint density at radius 3 is 2.50 bits per heavy atom. The third kappa shape index (κ3) is 4.21. The van der Waals surface area contributed by atoms with Crippen LogP contribution in [0.1, 0.15) is 17.3 Å². The van der Waals surface area contributed by atoms with Crippen molar-refractivity contribution >= 4 is 23.8 Å². The number of nitrogens with one attached hydrogen (secondary N) is 2. The number of urea groups is 1. The number of hydrazine groups is 1. The minimum absolute atomic E-state index is 0.0789. The molecule has 1 aliphatic heterocycles.